The molecule has 1 aromatic rings. The number of carbonyl (C=O) groups excluding carboxylic acids is 1. The zero-order chi connectivity index (χ0) is 13.7. The first-order valence-electron chi connectivity index (χ1n) is 5.46. The number of rotatable bonds is 5. The van der Waals surface area contributed by atoms with Crippen molar-refractivity contribution in [2.75, 3.05) is 5.32 Å². The Morgan fingerprint density at radius 1 is 1.61 bits per heavy atom. The van der Waals surface area contributed by atoms with Crippen molar-refractivity contribution in [2.45, 2.75) is 25.8 Å². The third-order valence-electron chi connectivity index (χ3n) is 2.35. The molecular formula is C11H14FN3O3. The van der Waals surface area contributed by atoms with Gasteiger partial charge >= 0.3 is 5.69 Å². The van der Waals surface area contributed by atoms with Crippen LogP contribution in [0.2, 0.25) is 0 Å². The highest BCUT2D eigenvalue weighted by Gasteiger charge is 2.16. The molecule has 0 saturated carbocycles. The van der Waals surface area contributed by atoms with Gasteiger partial charge < -0.3 is 11.1 Å². The van der Waals surface area contributed by atoms with Crippen LogP contribution in [0.4, 0.5) is 15.8 Å². The molecule has 0 radical (unpaired) electrons. The number of nitrogens with zero attached hydrogens (tertiary/aromatic N) is 1. The molecule has 0 aliphatic heterocycles. The summed E-state index contributed by atoms with van der Waals surface area (Å²) in [5, 5.41) is 12.8. The quantitative estimate of drug-likeness (QED) is 0.619. The van der Waals surface area contributed by atoms with E-state index in [4.69, 9.17) is 5.73 Å². The van der Waals surface area contributed by atoms with Crippen molar-refractivity contribution in [3.8, 4) is 0 Å². The summed E-state index contributed by atoms with van der Waals surface area (Å²) in [5.41, 5.74) is 5.09. The van der Waals surface area contributed by atoms with E-state index in [-0.39, 0.29) is 5.69 Å². The van der Waals surface area contributed by atoms with E-state index in [1.807, 2.05) is 6.92 Å². The van der Waals surface area contributed by atoms with Crippen molar-refractivity contribution in [2.24, 2.45) is 5.73 Å². The first-order valence-corrected chi connectivity index (χ1v) is 5.46. The number of nitrogens with two attached hydrogens (primary N) is 1. The lowest BCUT2D eigenvalue weighted by Crippen LogP contribution is -2.35. The van der Waals surface area contributed by atoms with Gasteiger partial charge in [0.2, 0.25) is 11.7 Å². The van der Waals surface area contributed by atoms with Crippen molar-refractivity contribution < 1.29 is 14.1 Å². The van der Waals surface area contributed by atoms with Crippen LogP contribution in [0.5, 0.6) is 0 Å². The van der Waals surface area contributed by atoms with Crippen LogP contribution in [0, 0.1) is 15.9 Å². The van der Waals surface area contributed by atoms with Crippen LogP contribution in [-0.2, 0) is 4.79 Å². The first kappa shape index (κ1) is 14.0. The maximum Gasteiger partial charge on any atom is 0.304 e. The molecule has 0 heterocycles. The minimum atomic E-state index is -0.998. The number of nitro benzene ring substituents is 1. The van der Waals surface area contributed by atoms with Gasteiger partial charge in [-0.25, -0.2) is 0 Å². The standard InChI is InChI=1S/C11H14FN3O3/c1-2-3-9(13)11(16)14-7-4-5-10(15(17)18)8(12)6-7/h4-6,9H,2-3,13H2,1H3,(H,14,16). The minimum Gasteiger partial charge on any atom is -0.325 e. The molecule has 0 aliphatic rings. The van der Waals surface area contributed by atoms with Crippen LogP contribution < -0.4 is 11.1 Å². The van der Waals surface area contributed by atoms with Crippen LogP contribution in [0.25, 0.3) is 0 Å². The Kier molecular flexibility index (Phi) is 4.73. The number of benzene rings is 1. The lowest BCUT2D eigenvalue weighted by atomic mass is 10.1. The fourth-order valence-corrected chi connectivity index (χ4v) is 1.41. The smallest absolute Gasteiger partial charge is 0.304 e. The number of halogens is 1. The molecule has 1 unspecified atom stereocenters. The molecule has 1 aromatic carbocycles. The molecule has 0 saturated heterocycles. The molecule has 0 aromatic heterocycles. The molecule has 18 heavy (non-hydrogen) atoms. The van der Waals surface area contributed by atoms with Crippen molar-refractivity contribution in [3.63, 3.8) is 0 Å². The van der Waals surface area contributed by atoms with Gasteiger partial charge in [-0.3, -0.25) is 14.9 Å². The molecule has 1 atom stereocenters. The molecular weight excluding hydrogens is 241 g/mol. The lowest BCUT2D eigenvalue weighted by Gasteiger charge is -2.11. The molecule has 98 valence electrons. The second-order valence-corrected chi connectivity index (χ2v) is 3.81. The normalized spacial score (nSPS) is 11.9. The number of amides is 1. The third kappa shape index (κ3) is 3.49. The molecule has 6 nitrogen and oxygen atoms in total. The Morgan fingerprint density at radius 2 is 2.28 bits per heavy atom. The first-order chi connectivity index (χ1) is 8.45. The van der Waals surface area contributed by atoms with Crippen molar-refractivity contribution in [1.82, 2.24) is 0 Å². The van der Waals surface area contributed by atoms with Crippen molar-refractivity contribution in [1.29, 1.82) is 0 Å². The minimum absolute atomic E-state index is 0.148. The molecule has 3 N–H and O–H groups in total. The monoisotopic (exact) mass is 255 g/mol. The topological polar surface area (TPSA) is 98.3 Å². The number of nitro groups is 1. The molecule has 0 bridgehead atoms. The maximum atomic E-state index is 13.3. The van der Waals surface area contributed by atoms with E-state index >= 15 is 0 Å². The van der Waals surface area contributed by atoms with Gasteiger partial charge in [-0.2, -0.15) is 4.39 Å². The predicted octanol–water partition coefficient (Wildman–Crippen LogP) is 1.80. The van der Waals surface area contributed by atoms with E-state index in [0.29, 0.717) is 6.42 Å². The average Bonchev–Trinajstić information content (AvgIpc) is 2.28. The van der Waals surface area contributed by atoms with E-state index in [2.05, 4.69) is 5.32 Å². The second kappa shape index (κ2) is 6.06. The van der Waals surface area contributed by atoms with Gasteiger partial charge in [0.1, 0.15) is 0 Å². The number of hydrogen-bond donors (Lipinski definition) is 2. The Balaban J connectivity index is 2.77. The Labute approximate surface area is 103 Å². The van der Waals surface area contributed by atoms with Gasteiger partial charge in [0, 0.05) is 17.8 Å². The molecule has 1 rings (SSSR count). The largest absolute Gasteiger partial charge is 0.325 e. The van der Waals surface area contributed by atoms with Gasteiger partial charge in [-0.05, 0) is 12.5 Å². The second-order valence-electron chi connectivity index (χ2n) is 3.81. The number of anilines is 1. The van der Waals surface area contributed by atoms with E-state index in [9.17, 15) is 19.3 Å². The SMILES string of the molecule is CCCC(N)C(=O)Nc1ccc([N+](=O)[O-])c(F)c1. The molecule has 0 fully saturated rings. The van der Waals surface area contributed by atoms with E-state index in [1.165, 1.54) is 6.07 Å². The summed E-state index contributed by atoms with van der Waals surface area (Å²) >= 11 is 0. The summed E-state index contributed by atoms with van der Waals surface area (Å²) in [6.45, 7) is 1.89. The lowest BCUT2D eigenvalue weighted by molar-refractivity contribution is -0.387. The zero-order valence-corrected chi connectivity index (χ0v) is 9.85. The molecule has 1 amide bonds. The fraction of sp³-hybridized carbons (Fsp3) is 0.364. The van der Waals surface area contributed by atoms with Gasteiger partial charge in [-0.1, -0.05) is 13.3 Å². The van der Waals surface area contributed by atoms with Gasteiger partial charge in [0.15, 0.2) is 0 Å². The van der Waals surface area contributed by atoms with Crippen LogP contribution in [0.15, 0.2) is 18.2 Å². The zero-order valence-electron chi connectivity index (χ0n) is 9.85. The maximum absolute atomic E-state index is 13.3. The predicted molar refractivity (Wildman–Crippen MR) is 64.6 cm³/mol. The summed E-state index contributed by atoms with van der Waals surface area (Å²) in [4.78, 5) is 21.1. The summed E-state index contributed by atoms with van der Waals surface area (Å²) in [6, 6.07) is 2.48. The summed E-state index contributed by atoms with van der Waals surface area (Å²) < 4.78 is 13.3. The van der Waals surface area contributed by atoms with Crippen molar-refractivity contribution >= 4 is 17.3 Å². The summed E-state index contributed by atoms with van der Waals surface area (Å²) in [5.74, 6) is -1.44. The van der Waals surface area contributed by atoms with Crippen LogP contribution in [0.3, 0.4) is 0 Å². The fourth-order valence-electron chi connectivity index (χ4n) is 1.41. The van der Waals surface area contributed by atoms with E-state index in [0.717, 1.165) is 18.6 Å². The van der Waals surface area contributed by atoms with Crippen LogP contribution in [-0.4, -0.2) is 16.9 Å². The molecule has 7 heteroatoms. The van der Waals surface area contributed by atoms with Gasteiger partial charge in [0.05, 0.1) is 11.0 Å². The highest BCUT2D eigenvalue weighted by Crippen LogP contribution is 2.20. The summed E-state index contributed by atoms with van der Waals surface area (Å²) in [7, 11) is 0. The number of nitrogens with one attached hydrogen (secondary N) is 1. The summed E-state index contributed by atoms with van der Waals surface area (Å²) in [6.07, 6.45) is 1.27. The van der Waals surface area contributed by atoms with Gasteiger partial charge in [0.25, 0.3) is 0 Å². The van der Waals surface area contributed by atoms with E-state index < -0.39 is 28.4 Å². The number of carbonyl (C=O) groups is 1. The Bertz CT molecular complexity index is 465. The van der Waals surface area contributed by atoms with E-state index in [1.54, 1.807) is 0 Å². The average molecular weight is 255 g/mol. The highest BCUT2D eigenvalue weighted by molar-refractivity contribution is 5.94. The van der Waals surface area contributed by atoms with Crippen LogP contribution >= 0.6 is 0 Å². The van der Waals surface area contributed by atoms with Crippen molar-refractivity contribution in [3.05, 3.63) is 34.1 Å². The third-order valence-corrected chi connectivity index (χ3v) is 2.35. The van der Waals surface area contributed by atoms with Crippen LogP contribution in [0.1, 0.15) is 19.8 Å². The van der Waals surface area contributed by atoms with Gasteiger partial charge in [-0.15, -0.1) is 0 Å². The molecule has 0 aliphatic carbocycles. The highest BCUT2D eigenvalue weighted by atomic mass is 19.1. The Hall–Kier alpha value is -2.02. The Morgan fingerprint density at radius 3 is 2.78 bits per heavy atom. The number of hydrogen-bond acceptors (Lipinski definition) is 4. The molecule has 0 spiro atoms.